The molecule has 1 aliphatic heterocycles. The SMILES string of the molecule is CN1CC[C@](C)(CO)[C@H](O)C1. The molecule has 1 heterocycles. The van der Waals surface area contributed by atoms with Crippen LogP contribution in [-0.4, -0.2) is 48.0 Å². The number of aliphatic hydroxyl groups is 2. The minimum absolute atomic E-state index is 0.0853. The summed E-state index contributed by atoms with van der Waals surface area (Å²) in [4.78, 5) is 2.09. The van der Waals surface area contributed by atoms with Gasteiger partial charge in [0.25, 0.3) is 0 Å². The van der Waals surface area contributed by atoms with E-state index in [1.807, 2.05) is 14.0 Å². The molecule has 2 atom stereocenters. The second-order valence-corrected chi connectivity index (χ2v) is 3.84. The van der Waals surface area contributed by atoms with E-state index in [1.54, 1.807) is 0 Å². The molecule has 0 aliphatic carbocycles. The Morgan fingerprint density at radius 2 is 2.27 bits per heavy atom. The summed E-state index contributed by atoms with van der Waals surface area (Å²) in [6, 6.07) is 0. The van der Waals surface area contributed by atoms with Crippen molar-refractivity contribution in [3.63, 3.8) is 0 Å². The Labute approximate surface area is 67.6 Å². The van der Waals surface area contributed by atoms with Crippen molar-refractivity contribution in [1.29, 1.82) is 0 Å². The van der Waals surface area contributed by atoms with Gasteiger partial charge in [0.05, 0.1) is 12.7 Å². The van der Waals surface area contributed by atoms with E-state index >= 15 is 0 Å². The van der Waals surface area contributed by atoms with E-state index < -0.39 is 0 Å². The number of piperidine rings is 1. The van der Waals surface area contributed by atoms with Gasteiger partial charge >= 0.3 is 0 Å². The molecule has 0 radical (unpaired) electrons. The molecule has 0 aromatic heterocycles. The number of hydrogen-bond donors (Lipinski definition) is 2. The maximum Gasteiger partial charge on any atom is 0.0742 e. The third kappa shape index (κ3) is 1.72. The molecule has 1 rings (SSSR count). The molecule has 0 amide bonds. The molecule has 3 nitrogen and oxygen atoms in total. The lowest BCUT2D eigenvalue weighted by atomic mass is 9.79. The molecule has 0 aromatic rings. The molecule has 0 bridgehead atoms. The Morgan fingerprint density at radius 3 is 2.73 bits per heavy atom. The molecular formula is C8H17NO2. The zero-order valence-corrected chi connectivity index (χ0v) is 7.25. The molecule has 0 aromatic carbocycles. The predicted molar refractivity (Wildman–Crippen MR) is 43.3 cm³/mol. The maximum atomic E-state index is 9.60. The van der Waals surface area contributed by atoms with Gasteiger partial charge in [-0.2, -0.15) is 0 Å². The van der Waals surface area contributed by atoms with Crippen LogP contribution in [0.4, 0.5) is 0 Å². The third-order valence-electron chi connectivity index (χ3n) is 2.71. The van der Waals surface area contributed by atoms with Gasteiger partial charge in [-0.25, -0.2) is 0 Å². The summed E-state index contributed by atoms with van der Waals surface area (Å²) in [6.07, 6.45) is 0.493. The first-order valence-corrected chi connectivity index (χ1v) is 4.06. The Bertz CT molecular complexity index is 140. The zero-order chi connectivity index (χ0) is 8.48. The monoisotopic (exact) mass is 159 g/mol. The molecule has 66 valence electrons. The molecule has 3 heteroatoms. The van der Waals surface area contributed by atoms with Crippen LogP contribution >= 0.6 is 0 Å². The van der Waals surface area contributed by atoms with Crippen LogP contribution in [0.15, 0.2) is 0 Å². The van der Waals surface area contributed by atoms with Crippen LogP contribution in [0.2, 0.25) is 0 Å². The molecule has 1 fully saturated rings. The fourth-order valence-corrected chi connectivity index (χ4v) is 1.40. The average molecular weight is 159 g/mol. The summed E-state index contributed by atoms with van der Waals surface area (Å²) >= 11 is 0. The third-order valence-corrected chi connectivity index (χ3v) is 2.71. The number of β-amino-alcohol motifs (C(OH)–C–C–N with tert-alkyl or cyclic N) is 1. The number of likely N-dealkylation sites (tertiary alicyclic amines) is 1. The molecule has 0 spiro atoms. The number of rotatable bonds is 1. The summed E-state index contributed by atoms with van der Waals surface area (Å²) in [5.74, 6) is 0. The predicted octanol–water partition coefficient (Wildman–Crippen LogP) is -0.319. The van der Waals surface area contributed by atoms with Gasteiger partial charge in [0, 0.05) is 12.0 Å². The Kier molecular flexibility index (Phi) is 2.52. The highest BCUT2D eigenvalue weighted by molar-refractivity contribution is 4.88. The molecule has 1 saturated heterocycles. The second kappa shape index (κ2) is 3.09. The summed E-state index contributed by atoms with van der Waals surface area (Å²) in [6.45, 7) is 3.66. The fourth-order valence-electron chi connectivity index (χ4n) is 1.40. The average Bonchev–Trinajstić information content (AvgIpc) is 1.98. The van der Waals surface area contributed by atoms with Crippen LogP contribution in [0.25, 0.3) is 0 Å². The van der Waals surface area contributed by atoms with Gasteiger partial charge in [0.2, 0.25) is 0 Å². The highest BCUT2D eigenvalue weighted by Gasteiger charge is 2.36. The van der Waals surface area contributed by atoms with Gasteiger partial charge < -0.3 is 15.1 Å². The van der Waals surface area contributed by atoms with Crippen LogP contribution in [0.1, 0.15) is 13.3 Å². The molecule has 0 unspecified atom stereocenters. The van der Waals surface area contributed by atoms with Gasteiger partial charge in [0.1, 0.15) is 0 Å². The van der Waals surface area contributed by atoms with Crippen LogP contribution in [0.3, 0.4) is 0 Å². The van der Waals surface area contributed by atoms with Crippen LogP contribution in [-0.2, 0) is 0 Å². The van der Waals surface area contributed by atoms with E-state index in [2.05, 4.69) is 4.90 Å². The summed E-state index contributed by atoms with van der Waals surface area (Å²) in [5, 5.41) is 18.6. The quantitative estimate of drug-likeness (QED) is 0.551. The Balaban J connectivity index is 2.56. The minimum atomic E-state index is -0.383. The smallest absolute Gasteiger partial charge is 0.0742 e. The largest absolute Gasteiger partial charge is 0.396 e. The van der Waals surface area contributed by atoms with Crippen molar-refractivity contribution in [1.82, 2.24) is 4.90 Å². The number of aliphatic hydroxyl groups excluding tert-OH is 2. The Morgan fingerprint density at radius 1 is 1.64 bits per heavy atom. The number of hydrogen-bond acceptors (Lipinski definition) is 3. The van der Waals surface area contributed by atoms with Crippen molar-refractivity contribution in [2.75, 3.05) is 26.7 Å². The summed E-state index contributed by atoms with van der Waals surface area (Å²) < 4.78 is 0. The summed E-state index contributed by atoms with van der Waals surface area (Å²) in [5.41, 5.74) is -0.271. The van der Waals surface area contributed by atoms with Crippen LogP contribution < -0.4 is 0 Å². The summed E-state index contributed by atoms with van der Waals surface area (Å²) in [7, 11) is 1.99. The van der Waals surface area contributed by atoms with Crippen molar-refractivity contribution < 1.29 is 10.2 Å². The van der Waals surface area contributed by atoms with Crippen LogP contribution in [0.5, 0.6) is 0 Å². The molecular weight excluding hydrogens is 142 g/mol. The van der Waals surface area contributed by atoms with Crippen molar-refractivity contribution >= 4 is 0 Å². The fraction of sp³-hybridized carbons (Fsp3) is 1.00. The van der Waals surface area contributed by atoms with Gasteiger partial charge in [-0.3, -0.25) is 0 Å². The number of nitrogens with zero attached hydrogens (tertiary/aromatic N) is 1. The highest BCUT2D eigenvalue weighted by Crippen LogP contribution is 2.29. The molecule has 0 saturated carbocycles. The number of likely N-dealkylation sites (N-methyl/N-ethyl adjacent to an activating group) is 1. The topological polar surface area (TPSA) is 43.7 Å². The van der Waals surface area contributed by atoms with Crippen molar-refractivity contribution in [2.24, 2.45) is 5.41 Å². The second-order valence-electron chi connectivity index (χ2n) is 3.84. The van der Waals surface area contributed by atoms with E-state index in [0.29, 0.717) is 6.54 Å². The van der Waals surface area contributed by atoms with Gasteiger partial charge in [-0.1, -0.05) is 6.92 Å². The van der Waals surface area contributed by atoms with Crippen LogP contribution in [0, 0.1) is 5.41 Å². The van der Waals surface area contributed by atoms with Gasteiger partial charge in [-0.15, -0.1) is 0 Å². The highest BCUT2D eigenvalue weighted by atomic mass is 16.3. The van der Waals surface area contributed by atoms with E-state index in [1.165, 1.54) is 0 Å². The lowest BCUT2D eigenvalue weighted by Crippen LogP contribution is -2.49. The molecule has 2 N–H and O–H groups in total. The van der Waals surface area contributed by atoms with E-state index in [-0.39, 0.29) is 18.1 Å². The lowest BCUT2D eigenvalue weighted by molar-refractivity contribution is -0.0567. The normalized spacial score (nSPS) is 40.9. The first kappa shape index (κ1) is 8.97. The first-order chi connectivity index (χ1) is 5.08. The minimum Gasteiger partial charge on any atom is -0.396 e. The first-order valence-electron chi connectivity index (χ1n) is 4.06. The maximum absolute atomic E-state index is 9.60. The van der Waals surface area contributed by atoms with Crippen molar-refractivity contribution in [3.05, 3.63) is 0 Å². The molecule has 1 aliphatic rings. The van der Waals surface area contributed by atoms with E-state index in [9.17, 15) is 5.11 Å². The van der Waals surface area contributed by atoms with Crippen molar-refractivity contribution in [3.8, 4) is 0 Å². The van der Waals surface area contributed by atoms with Gasteiger partial charge in [0.15, 0.2) is 0 Å². The standard InChI is InChI=1S/C8H17NO2/c1-8(6-10)3-4-9(2)5-7(8)11/h7,10-11H,3-6H2,1-2H3/t7-,8-/m1/s1. The Hall–Kier alpha value is -0.120. The van der Waals surface area contributed by atoms with Gasteiger partial charge in [-0.05, 0) is 20.0 Å². The lowest BCUT2D eigenvalue weighted by Gasteiger charge is -2.40. The molecule has 11 heavy (non-hydrogen) atoms. The van der Waals surface area contributed by atoms with E-state index in [4.69, 9.17) is 5.11 Å². The van der Waals surface area contributed by atoms with Crippen molar-refractivity contribution in [2.45, 2.75) is 19.4 Å². The zero-order valence-electron chi connectivity index (χ0n) is 7.25. The van der Waals surface area contributed by atoms with E-state index in [0.717, 1.165) is 13.0 Å².